The van der Waals surface area contributed by atoms with E-state index in [2.05, 4.69) is 13.0 Å². The summed E-state index contributed by atoms with van der Waals surface area (Å²) in [7, 11) is 0. The molecule has 0 heterocycles. The molecule has 3 heteroatoms. The molecule has 2 rings (SSSR count). The number of carbonyl (C=O) groups excluding carboxylic acids is 1. The molecule has 0 saturated heterocycles. The van der Waals surface area contributed by atoms with E-state index in [1.807, 2.05) is 36.4 Å². The van der Waals surface area contributed by atoms with Gasteiger partial charge in [0, 0.05) is 5.56 Å². The molecule has 116 valence electrons. The van der Waals surface area contributed by atoms with E-state index < -0.39 is 0 Å². The zero-order chi connectivity index (χ0) is 15.8. The van der Waals surface area contributed by atoms with Crippen LogP contribution in [0, 0.1) is 0 Å². The van der Waals surface area contributed by atoms with Gasteiger partial charge >= 0.3 is 0 Å². The van der Waals surface area contributed by atoms with Gasteiger partial charge in [0.1, 0.15) is 5.75 Å². The standard InChI is InChI=1S/C19H23NO2/c1-2-3-14-22-18-11-7-5-9-16(18)13-12-15-8-4-6-10-17(15)19(20)21/h4-11H,2-3,12-14H2,1H3,(H2,20,21). The Morgan fingerprint density at radius 3 is 2.36 bits per heavy atom. The van der Waals surface area contributed by atoms with E-state index in [0.717, 1.165) is 49.2 Å². The molecule has 0 aliphatic rings. The number of hydrogen-bond donors (Lipinski definition) is 1. The minimum absolute atomic E-state index is 0.372. The number of unbranched alkanes of at least 4 members (excludes halogenated alkanes) is 1. The summed E-state index contributed by atoms with van der Waals surface area (Å²) in [6.45, 7) is 2.89. The Hall–Kier alpha value is -2.29. The summed E-state index contributed by atoms with van der Waals surface area (Å²) in [5.74, 6) is 0.565. The van der Waals surface area contributed by atoms with Gasteiger partial charge in [-0.3, -0.25) is 4.79 Å². The fraction of sp³-hybridized carbons (Fsp3) is 0.316. The fourth-order valence-electron chi connectivity index (χ4n) is 2.43. The summed E-state index contributed by atoms with van der Waals surface area (Å²) < 4.78 is 5.85. The lowest BCUT2D eigenvalue weighted by atomic mass is 9.99. The van der Waals surface area contributed by atoms with E-state index in [4.69, 9.17) is 10.5 Å². The van der Waals surface area contributed by atoms with Crippen LogP contribution in [-0.2, 0) is 12.8 Å². The molecule has 0 aliphatic carbocycles. The molecule has 0 unspecified atom stereocenters. The summed E-state index contributed by atoms with van der Waals surface area (Å²) in [5.41, 5.74) is 8.18. The molecule has 3 nitrogen and oxygen atoms in total. The molecule has 0 atom stereocenters. The minimum atomic E-state index is -0.372. The minimum Gasteiger partial charge on any atom is -0.493 e. The van der Waals surface area contributed by atoms with Gasteiger partial charge in [0.25, 0.3) is 0 Å². The molecule has 2 aromatic carbocycles. The Morgan fingerprint density at radius 2 is 1.64 bits per heavy atom. The zero-order valence-electron chi connectivity index (χ0n) is 13.0. The summed E-state index contributed by atoms with van der Waals surface area (Å²) in [6, 6.07) is 15.6. The first-order valence-electron chi connectivity index (χ1n) is 7.80. The van der Waals surface area contributed by atoms with E-state index in [1.165, 1.54) is 0 Å². The highest BCUT2D eigenvalue weighted by Gasteiger charge is 2.09. The number of benzene rings is 2. The highest BCUT2D eigenvalue weighted by Crippen LogP contribution is 2.21. The maximum absolute atomic E-state index is 11.5. The maximum atomic E-state index is 11.5. The maximum Gasteiger partial charge on any atom is 0.248 e. The Morgan fingerprint density at radius 1 is 1.00 bits per heavy atom. The van der Waals surface area contributed by atoms with Crippen molar-refractivity contribution in [1.82, 2.24) is 0 Å². The first-order chi connectivity index (χ1) is 10.7. The fourth-order valence-corrected chi connectivity index (χ4v) is 2.43. The Bertz CT molecular complexity index is 622. The van der Waals surface area contributed by atoms with Crippen molar-refractivity contribution >= 4 is 5.91 Å². The van der Waals surface area contributed by atoms with Crippen molar-refractivity contribution in [3.05, 3.63) is 65.2 Å². The second kappa shape index (κ2) is 8.23. The SMILES string of the molecule is CCCCOc1ccccc1CCc1ccccc1C(N)=O. The molecule has 2 N–H and O–H groups in total. The third kappa shape index (κ3) is 4.35. The van der Waals surface area contributed by atoms with Gasteiger partial charge in [-0.1, -0.05) is 49.7 Å². The predicted molar refractivity (Wildman–Crippen MR) is 89.2 cm³/mol. The van der Waals surface area contributed by atoms with Crippen molar-refractivity contribution in [2.45, 2.75) is 32.6 Å². The van der Waals surface area contributed by atoms with Crippen molar-refractivity contribution in [2.75, 3.05) is 6.61 Å². The van der Waals surface area contributed by atoms with Crippen molar-refractivity contribution < 1.29 is 9.53 Å². The van der Waals surface area contributed by atoms with Crippen LogP contribution in [0.1, 0.15) is 41.3 Å². The smallest absolute Gasteiger partial charge is 0.248 e. The van der Waals surface area contributed by atoms with Crippen molar-refractivity contribution in [3.8, 4) is 5.75 Å². The van der Waals surface area contributed by atoms with Crippen LogP contribution in [0.2, 0.25) is 0 Å². The number of ether oxygens (including phenoxy) is 1. The van der Waals surface area contributed by atoms with Crippen molar-refractivity contribution in [1.29, 1.82) is 0 Å². The molecule has 0 aromatic heterocycles. The second-order valence-electron chi connectivity index (χ2n) is 5.33. The van der Waals surface area contributed by atoms with E-state index in [0.29, 0.717) is 5.56 Å². The van der Waals surface area contributed by atoms with Crippen LogP contribution >= 0.6 is 0 Å². The van der Waals surface area contributed by atoms with E-state index >= 15 is 0 Å². The molecular formula is C19H23NO2. The largest absolute Gasteiger partial charge is 0.493 e. The normalized spacial score (nSPS) is 10.4. The van der Waals surface area contributed by atoms with Crippen LogP contribution in [0.5, 0.6) is 5.75 Å². The van der Waals surface area contributed by atoms with E-state index in [9.17, 15) is 4.79 Å². The monoisotopic (exact) mass is 297 g/mol. The number of nitrogens with two attached hydrogens (primary N) is 1. The van der Waals surface area contributed by atoms with Gasteiger partial charge in [0.15, 0.2) is 0 Å². The van der Waals surface area contributed by atoms with Crippen molar-refractivity contribution in [2.24, 2.45) is 5.73 Å². The van der Waals surface area contributed by atoms with Gasteiger partial charge in [0.05, 0.1) is 6.61 Å². The average molecular weight is 297 g/mol. The average Bonchev–Trinajstić information content (AvgIpc) is 2.54. The first-order valence-corrected chi connectivity index (χ1v) is 7.80. The number of rotatable bonds is 8. The summed E-state index contributed by atoms with van der Waals surface area (Å²) in [4.78, 5) is 11.5. The summed E-state index contributed by atoms with van der Waals surface area (Å²) >= 11 is 0. The van der Waals surface area contributed by atoms with Crippen LogP contribution < -0.4 is 10.5 Å². The molecule has 0 saturated carbocycles. The number of hydrogen-bond acceptors (Lipinski definition) is 2. The topological polar surface area (TPSA) is 52.3 Å². The molecule has 2 aromatic rings. The first kappa shape index (κ1) is 16.1. The number of para-hydroxylation sites is 1. The number of carbonyl (C=O) groups is 1. The quantitative estimate of drug-likeness (QED) is 0.754. The van der Waals surface area contributed by atoms with Crippen LogP contribution in [0.4, 0.5) is 0 Å². The van der Waals surface area contributed by atoms with Gasteiger partial charge in [0.2, 0.25) is 5.91 Å². The van der Waals surface area contributed by atoms with Crippen LogP contribution in [0.3, 0.4) is 0 Å². The van der Waals surface area contributed by atoms with Gasteiger partial charge in [-0.05, 0) is 42.5 Å². The molecule has 1 amide bonds. The molecule has 0 bridgehead atoms. The highest BCUT2D eigenvalue weighted by atomic mass is 16.5. The lowest BCUT2D eigenvalue weighted by Crippen LogP contribution is -2.14. The van der Waals surface area contributed by atoms with Gasteiger partial charge < -0.3 is 10.5 Å². The Labute approximate surface area is 132 Å². The predicted octanol–water partition coefficient (Wildman–Crippen LogP) is 3.75. The summed E-state index contributed by atoms with van der Waals surface area (Å²) in [5, 5.41) is 0. The Balaban J connectivity index is 2.07. The van der Waals surface area contributed by atoms with Gasteiger partial charge in [-0.2, -0.15) is 0 Å². The number of amides is 1. The molecule has 0 fully saturated rings. The second-order valence-corrected chi connectivity index (χ2v) is 5.33. The molecule has 22 heavy (non-hydrogen) atoms. The third-order valence-corrected chi connectivity index (χ3v) is 3.67. The molecule has 0 radical (unpaired) electrons. The van der Waals surface area contributed by atoms with E-state index in [-0.39, 0.29) is 5.91 Å². The van der Waals surface area contributed by atoms with Gasteiger partial charge in [-0.25, -0.2) is 0 Å². The van der Waals surface area contributed by atoms with Crippen LogP contribution in [-0.4, -0.2) is 12.5 Å². The van der Waals surface area contributed by atoms with Crippen LogP contribution in [0.15, 0.2) is 48.5 Å². The van der Waals surface area contributed by atoms with E-state index in [1.54, 1.807) is 6.07 Å². The van der Waals surface area contributed by atoms with Crippen molar-refractivity contribution in [3.63, 3.8) is 0 Å². The highest BCUT2D eigenvalue weighted by molar-refractivity contribution is 5.94. The van der Waals surface area contributed by atoms with Gasteiger partial charge in [-0.15, -0.1) is 0 Å². The molecular weight excluding hydrogens is 274 g/mol. The number of primary amides is 1. The lowest BCUT2D eigenvalue weighted by molar-refractivity contribution is 0.0999. The number of aryl methyl sites for hydroxylation is 2. The zero-order valence-corrected chi connectivity index (χ0v) is 13.0. The molecule has 0 spiro atoms. The summed E-state index contributed by atoms with van der Waals surface area (Å²) in [6.07, 6.45) is 3.77. The Kier molecular flexibility index (Phi) is 6.01. The molecule has 0 aliphatic heterocycles. The lowest BCUT2D eigenvalue weighted by Gasteiger charge is -2.12. The third-order valence-electron chi connectivity index (χ3n) is 3.67. The van der Waals surface area contributed by atoms with Crippen LogP contribution in [0.25, 0.3) is 0 Å².